The molecule has 1 rings (SSSR count). The number of benzene rings is 1. The second kappa shape index (κ2) is 6.92. The molecule has 1 N–H and O–H groups in total. The van der Waals surface area contributed by atoms with E-state index in [4.69, 9.17) is 0 Å². The third-order valence-electron chi connectivity index (χ3n) is 2.17. The second-order valence-electron chi connectivity index (χ2n) is 4.06. The van der Waals surface area contributed by atoms with Gasteiger partial charge in [0.15, 0.2) is 0 Å². The van der Waals surface area contributed by atoms with Crippen molar-refractivity contribution in [2.75, 3.05) is 6.54 Å². The summed E-state index contributed by atoms with van der Waals surface area (Å²) in [4.78, 5) is 1.05. The molecule has 0 spiro atoms. The zero-order valence-corrected chi connectivity index (χ0v) is 11.0. The van der Waals surface area contributed by atoms with Gasteiger partial charge in [0.1, 0.15) is 5.82 Å². The Balaban J connectivity index is 2.77. The van der Waals surface area contributed by atoms with Gasteiger partial charge in [-0.1, -0.05) is 26.8 Å². The van der Waals surface area contributed by atoms with Crippen LogP contribution in [0.3, 0.4) is 0 Å². The van der Waals surface area contributed by atoms with Gasteiger partial charge >= 0.3 is 0 Å². The van der Waals surface area contributed by atoms with Gasteiger partial charge in [0.2, 0.25) is 0 Å². The van der Waals surface area contributed by atoms with Crippen LogP contribution in [-0.4, -0.2) is 11.8 Å². The van der Waals surface area contributed by atoms with E-state index in [1.165, 1.54) is 6.07 Å². The molecular weight excluding hydrogens is 221 g/mol. The molecule has 90 valence electrons. The number of rotatable bonds is 6. The van der Waals surface area contributed by atoms with E-state index >= 15 is 0 Å². The fourth-order valence-corrected chi connectivity index (χ4v) is 2.44. The molecule has 0 amide bonds. The molecule has 1 aromatic carbocycles. The maximum absolute atomic E-state index is 13.7. The predicted octanol–water partition coefficient (Wildman–Crippen LogP) is 3.83. The van der Waals surface area contributed by atoms with E-state index < -0.39 is 0 Å². The van der Waals surface area contributed by atoms with Crippen LogP contribution in [0.25, 0.3) is 0 Å². The molecule has 3 heteroatoms. The van der Waals surface area contributed by atoms with Crippen molar-refractivity contribution in [3.05, 3.63) is 29.6 Å². The summed E-state index contributed by atoms with van der Waals surface area (Å²) in [6.45, 7) is 7.91. The lowest BCUT2D eigenvalue weighted by molar-refractivity contribution is 0.578. The van der Waals surface area contributed by atoms with Crippen molar-refractivity contribution in [2.45, 2.75) is 43.9 Å². The van der Waals surface area contributed by atoms with Crippen LogP contribution < -0.4 is 5.32 Å². The molecule has 0 aliphatic carbocycles. The van der Waals surface area contributed by atoms with E-state index in [1.807, 2.05) is 6.07 Å². The molecule has 0 aliphatic rings. The largest absolute Gasteiger partial charge is 0.313 e. The van der Waals surface area contributed by atoms with Gasteiger partial charge in [-0.05, 0) is 25.1 Å². The van der Waals surface area contributed by atoms with Crippen molar-refractivity contribution in [1.29, 1.82) is 0 Å². The van der Waals surface area contributed by atoms with Gasteiger partial charge in [0, 0.05) is 22.3 Å². The minimum atomic E-state index is -0.103. The Morgan fingerprint density at radius 1 is 1.38 bits per heavy atom. The van der Waals surface area contributed by atoms with Crippen LogP contribution in [0.2, 0.25) is 0 Å². The SMILES string of the molecule is CCCNCc1c(F)cccc1SC(C)C. The van der Waals surface area contributed by atoms with E-state index in [0.717, 1.165) is 23.4 Å². The Bertz CT molecular complexity index is 326. The van der Waals surface area contributed by atoms with Crippen molar-refractivity contribution in [2.24, 2.45) is 0 Å². The highest BCUT2D eigenvalue weighted by atomic mass is 32.2. The first-order valence-electron chi connectivity index (χ1n) is 5.80. The number of thioether (sulfide) groups is 1. The van der Waals surface area contributed by atoms with Crippen molar-refractivity contribution in [1.82, 2.24) is 5.32 Å². The summed E-state index contributed by atoms with van der Waals surface area (Å²) in [6.07, 6.45) is 1.07. The Kier molecular flexibility index (Phi) is 5.85. The van der Waals surface area contributed by atoms with Gasteiger partial charge in [-0.2, -0.15) is 0 Å². The molecule has 0 saturated heterocycles. The summed E-state index contributed by atoms with van der Waals surface area (Å²) in [7, 11) is 0. The molecule has 1 aromatic rings. The third kappa shape index (κ3) is 4.14. The van der Waals surface area contributed by atoms with Crippen LogP contribution in [0.15, 0.2) is 23.1 Å². The van der Waals surface area contributed by atoms with Crippen LogP contribution in [-0.2, 0) is 6.54 Å². The van der Waals surface area contributed by atoms with Crippen molar-refractivity contribution in [3.63, 3.8) is 0 Å². The van der Waals surface area contributed by atoms with Gasteiger partial charge < -0.3 is 5.32 Å². The summed E-state index contributed by atoms with van der Waals surface area (Å²) in [5.41, 5.74) is 0.801. The Morgan fingerprint density at radius 3 is 2.75 bits per heavy atom. The van der Waals surface area contributed by atoms with Crippen LogP contribution in [0.5, 0.6) is 0 Å². The average molecular weight is 241 g/mol. The molecular formula is C13H20FNS. The van der Waals surface area contributed by atoms with Crippen molar-refractivity contribution >= 4 is 11.8 Å². The molecule has 0 radical (unpaired) electrons. The summed E-state index contributed by atoms with van der Waals surface area (Å²) < 4.78 is 13.7. The summed E-state index contributed by atoms with van der Waals surface area (Å²) in [5, 5.41) is 3.73. The molecule has 0 aromatic heterocycles. The first kappa shape index (κ1) is 13.5. The lowest BCUT2D eigenvalue weighted by Gasteiger charge is -2.12. The smallest absolute Gasteiger partial charge is 0.128 e. The first-order valence-corrected chi connectivity index (χ1v) is 6.67. The van der Waals surface area contributed by atoms with E-state index in [0.29, 0.717) is 11.8 Å². The van der Waals surface area contributed by atoms with Crippen LogP contribution >= 0.6 is 11.8 Å². The van der Waals surface area contributed by atoms with Crippen molar-refractivity contribution < 1.29 is 4.39 Å². The summed E-state index contributed by atoms with van der Waals surface area (Å²) >= 11 is 1.72. The topological polar surface area (TPSA) is 12.0 Å². The molecule has 0 bridgehead atoms. The third-order valence-corrected chi connectivity index (χ3v) is 3.27. The maximum Gasteiger partial charge on any atom is 0.128 e. The zero-order valence-electron chi connectivity index (χ0n) is 10.2. The molecule has 0 fully saturated rings. The van der Waals surface area contributed by atoms with Gasteiger partial charge in [-0.15, -0.1) is 11.8 Å². The lowest BCUT2D eigenvalue weighted by atomic mass is 10.2. The quantitative estimate of drug-likeness (QED) is 0.600. The van der Waals surface area contributed by atoms with E-state index in [1.54, 1.807) is 17.8 Å². The van der Waals surface area contributed by atoms with Crippen LogP contribution in [0.1, 0.15) is 32.8 Å². The number of halogens is 1. The number of nitrogens with one attached hydrogen (secondary N) is 1. The Labute approximate surface area is 102 Å². The van der Waals surface area contributed by atoms with Crippen LogP contribution in [0, 0.1) is 5.82 Å². The zero-order chi connectivity index (χ0) is 12.0. The number of hydrogen-bond acceptors (Lipinski definition) is 2. The molecule has 0 unspecified atom stereocenters. The molecule has 1 nitrogen and oxygen atoms in total. The molecule has 0 heterocycles. The molecule has 0 atom stereocenters. The number of hydrogen-bond donors (Lipinski definition) is 1. The highest BCUT2D eigenvalue weighted by Gasteiger charge is 2.09. The fraction of sp³-hybridized carbons (Fsp3) is 0.538. The Morgan fingerprint density at radius 2 is 2.12 bits per heavy atom. The lowest BCUT2D eigenvalue weighted by Crippen LogP contribution is -2.15. The fourth-order valence-electron chi connectivity index (χ4n) is 1.46. The normalized spacial score (nSPS) is 11.1. The summed E-state index contributed by atoms with van der Waals surface area (Å²) in [5.74, 6) is -0.103. The molecule has 0 aliphatic heterocycles. The van der Waals surface area contributed by atoms with E-state index in [9.17, 15) is 4.39 Å². The molecule has 0 saturated carbocycles. The minimum Gasteiger partial charge on any atom is -0.313 e. The Hall–Kier alpha value is -0.540. The summed E-state index contributed by atoms with van der Waals surface area (Å²) in [6, 6.07) is 5.31. The van der Waals surface area contributed by atoms with Gasteiger partial charge in [0.25, 0.3) is 0 Å². The van der Waals surface area contributed by atoms with E-state index in [-0.39, 0.29) is 5.82 Å². The first-order chi connectivity index (χ1) is 7.65. The van der Waals surface area contributed by atoms with Crippen LogP contribution in [0.4, 0.5) is 4.39 Å². The highest BCUT2D eigenvalue weighted by Crippen LogP contribution is 2.28. The van der Waals surface area contributed by atoms with Crippen molar-refractivity contribution in [3.8, 4) is 0 Å². The van der Waals surface area contributed by atoms with E-state index in [2.05, 4.69) is 26.1 Å². The van der Waals surface area contributed by atoms with Gasteiger partial charge in [-0.25, -0.2) is 4.39 Å². The predicted molar refractivity (Wildman–Crippen MR) is 69.4 cm³/mol. The van der Waals surface area contributed by atoms with Gasteiger partial charge in [-0.3, -0.25) is 0 Å². The minimum absolute atomic E-state index is 0.103. The monoisotopic (exact) mass is 241 g/mol. The van der Waals surface area contributed by atoms with Gasteiger partial charge in [0.05, 0.1) is 0 Å². The molecule has 16 heavy (non-hydrogen) atoms. The standard InChI is InChI=1S/C13H20FNS/c1-4-8-15-9-11-12(14)6-5-7-13(11)16-10(2)3/h5-7,10,15H,4,8-9H2,1-3H3. The second-order valence-corrected chi connectivity index (χ2v) is 5.68. The average Bonchev–Trinajstić information content (AvgIpc) is 2.21. The maximum atomic E-state index is 13.7. The highest BCUT2D eigenvalue weighted by molar-refractivity contribution is 8.00.